The molecular weight excluding hydrogens is 1520 g/mol. The van der Waals surface area contributed by atoms with Gasteiger partial charge in [0, 0.05) is 111 Å². The maximum absolute atomic E-state index is 13.2. The minimum absolute atomic E-state index is 0.00343. The third-order valence-corrected chi connectivity index (χ3v) is 22.5. The van der Waals surface area contributed by atoms with Gasteiger partial charge in [0.25, 0.3) is 17.7 Å². The molecule has 12 heterocycles. The van der Waals surface area contributed by atoms with Crippen LogP contribution in [0.2, 0.25) is 20.4 Å². The molecular formula is C74H93Cl4N13O13S3. The lowest BCUT2D eigenvalue weighted by atomic mass is 10.1. The van der Waals surface area contributed by atoms with Crippen molar-refractivity contribution in [3.8, 4) is 31.7 Å². The van der Waals surface area contributed by atoms with E-state index in [0.29, 0.717) is 119 Å². The number of carboxylic acids is 1. The number of carbonyl (C=O) groups is 6. The van der Waals surface area contributed by atoms with Gasteiger partial charge < -0.3 is 70.7 Å². The summed E-state index contributed by atoms with van der Waals surface area (Å²) in [4.78, 5) is 111. The van der Waals surface area contributed by atoms with Gasteiger partial charge in [-0.15, -0.1) is 34.0 Å². The van der Waals surface area contributed by atoms with Crippen LogP contribution < -0.4 is 22.1 Å². The number of nitrogens with one attached hydrogen (secondary N) is 2. The Kier molecular flexibility index (Phi) is 29.8. The van der Waals surface area contributed by atoms with Crippen LogP contribution in [0.15, 0.2) is 61.1 Å². The first-order valence-electron chi connectivity index (χ1n) is 35.4. The van der Waals surface area contributed by atoms with E-state index in [-0.39, 0.29) is 47.7 Å². The highest BCUT2D eigenvalue weighted by atomic mass is 35.5. The molecule has 7 aromatic rings. The van der Waals surface area contributed by atoms with Gasteiger partial charge in [0.1, 0.15) is 46.4 Å². The predicted octanol–water partition coefficient (Wildman–Crippen LogP) is 12.5. The number of aryl methyl sites for hydroxylation is 1. The third-order valence-electron chi connectivity index (χ3n) is 17.8. The number of esters is 2. The van der Waals surface area contributed by atoms with Gasteiger partial charge in [0.2, 0.25) is 17.2 Å². The number of amides is 3. The van der Waals surface area contributed by atoms with E-state index in [2.05, 4.69) is 40.5 Å². The molecule has 6 aliphatic heterocycles. The number of benzene rings is 1. The molecule has 26 nitrogen and oxygen atoms in total. The summed E-state index contributed by atoms with van der Waals surface area (Å²) >= 11 is 29.3. The van der Waals surface area contributed by atoms with Crippen molar-refractivity contribution in [1.82, 2.24) is 44.6 Å². The smallest absolute Gasteiger partial charge is 0.329 e. The lowest BCUT2D eigenvalue weighted by Crippen LogP contribution is -2.48. The van der Waals surface area contributed by atoms with E-state index < -0.39 is 47.2 Å². The number of halogens is 4. The molecule has 1 aromatic carbocycles. The van der Waals surface area contributed by atoms with Crippen LogP contribution in [-0.2, 0) is 57.3 Å². The zero-order chi connectivity index (χ0) is 77.6. The van der Waals surface area contributed by atoms with Crippen molar-refractivity contribution >= 4 is 128 Å². The van der Waals surface area contributed by atoms with Crippen molar-refractivity contribution in [2.75, 3.05) is 76.5 Å². The first kappa shape index (κ1) is 83.9. The molecule has 3 fully saturated rings. The van der Waals surface area contributed by atoms with E-state index in [4.69, 9.17) is 86.7 Å². The molecule has 3 unspecified atom stereocenters. The predicted molar refractivity (Wildman–Crippen MR) is 416 cm³/mol. The highest BCUT2D eigenvalue weighted by Crippen LogP contribution is 2.41. The van der Waals surface area contributed by atoms with E-state index in [1.54, 1.807) is 68.9 Å². The number of rotatable bonds is 15. The number of aliphatic hydroxyl groups excluding tert-OH is 1. The number of anilines is 2. The molecule has 0 aliphatic carbocycles. The van der Waals surface area contributed by atoms with Crippen LogP contribution in [0.3, 0.4) is 0 Å². The van der Waals surface area contributed by atoms with E-state index in [9.17, 15) is 33.9 Å². The number of aliphatic hydroxyl groups is 1. The molecule has 0 bridgehead atoms. The molecule has 0 saturated carbocycles. The minimum Gasteiger partial charge on any atom is -0.480 e. The van der Waals surface area contributed by atoms with Crippen molar-refractivity contribution < 1.29 is 62.7 Å². The number of hydrogen-bond donors (Lipinski definition) is 6. The maximum Gasteiger partial charge on any atom is 0.329 e. The molecule has 8 N–H and O–H groups in total. The average molecular weight is 1610 g/mol. The van der Waals surface area contributed by atoms with Crippen LogP contribution in [0.5, 0.6) is 0 Å². The second-order valence-electron chi connectivity index (χ2n) is 28.4. The van der Waals surface area contributed by atoms with Gasteiger partial charge >= 0.3 is 17.9 Å². The molecule has 6 aliphatic rings. The van der Waals surface area contributed by atoms with E-state index >= 15 is 0 Å². The summed E-state index contributed by atoms with van der Waals surface area (Å²) in [6.45, 7) is 23.6. The largest absolute Gasteiger partial charge is 0.480 e. The fraction of sp³-hybridized carbons (Fsp3) is 0.514. The van der Waals surface area contributed by atoms with Crippen LogP contribution in [0.25, 0.3) is 31.7 Å². The van der Waals surface area contributed by atoms with Crippen molar-refractivity contribution in [2.24, 2.45) is 11.5 Å². The van der Waals surface area contributed by atoms with Crippen molar-refractivity contribution in [2.45, 2.75) is 181 Å². The molecule has 0 radical (unpaired) electrons. The summed E-state index contributed by atoms with van der Waals surface area (Å²) < 4.78 is 26.7. The zero-order valence-corrected chi connectivity index (χ0v) is 67.0. The van der Waals surface area contributed by atoms with Crippen molar-refractivity contribution in [1.29, 1.82) is 0 Å². The third kappa shape index (κ3) is 23.0. The summed E-state index contributed by atoms with van der Waals surface area (Å²) in [6, 6.07) is 11.7. The lowest BCUT2D eigenvalue weighted by molar-refractivity contribution is -0.160. The average Bonchev–Trinajstić information content (AvgIpc) is 1.65. The normalized spacial score (nSPS) is 17.5. The Morgan fingerprint density at radius 3 is 1.29 bits per heavy atom. The summed E-state index contributed by atoms with van der Waals surface area (Å²) in [7, 11) is 0. The number of carboxylic acid groups (broad SMARTS) is 1. The van der Waals surface area contributed by atoms with E-state index in [0.717, 1.165) is 99.8 Å². The Morgan fingerprint density at radius 1 is 0.579 bits per heavy atom. The number of fused-ring (bicyclic) bond motifs is 3. The molecule has 4 atom stereocenters. The zero-order valence-electron chi connectivity index (χ0n) is 61.6. The van der Waals surface area contributed by atoms with Gasteiger partial charge in [-0.05, 0) is 143 Å². The van der Waals surface area contributed by atoms with Gasteiger partial charge in [0.15, 0.2) is 0 Å². The summed E-state index contributed by atoms with van der Waals surface area (Å²) in [5.74, 6) is -1.47. The van der Waals surface area contributed by atoms with E-state index in [1.807, 2.05) is 58.0 Å². The van der Waals surface area contributed by atoms with Gasteiger partial charge in [-0.1, -0.05) is 64.6 Å². The fourth-order valence-electron chi connectivity index (χ4n) is 12.0. The van der Waals surface area contributed by atoms with Crippen LogP contribution in [0.4, 0.5) is 11.9 Å². The topological polar surface area (TPSA) is 352 Å². The second kappa shape index (κ2) is 38.0. The molecule has 33 heteroatoms. The number of nitrogens with zero attached hydrogens (tertiary/aromatic N) is 9. The van der Waals surface area contributed by atoms with Gasteiger partial charge in [-0.3, -0.25) is 14.4 Å². The standard InChI is InChI=1S/C23H29ClN4O4S.C19H21ClN4O4S.C18H19Cl2N3O3S.C9H13NO.C5H11NO/c1-13(21(30)32-23(2,3)4)28-8-5-17-15(20(28)29)11-18(33-17)19-16(24)12-25-22(27-19)26-14-6-9-31-10-7-14;1-10(18(26)27)24-5-2-14-12(17(24)25)8-15(29-14)16-13(20)9-21-19(23-16)22-11-3-6-28-7-4-11;1-9(16(25)26-18(2,3)4)23-6-5-12-10(15(23)24)7-13(27-12)14-11(19)8-21-17(20)22-14;1-7-3-2-4-8(5-7)9(10)6-11;6-5-1-3-7-4-2-5/h11-14H,5-10H2,1-4H3,(H,25,26,27);8-11H,2-7H2,1H3,(H,26,27)(H,21,22,23);7-9H,5-6H2,1-4H3;2-5,9,11H,6,10H2,1H3;5H,1-4,6H2/t;;;9-;/m...1./s1. The Bertz CT molecular complexity index is 4270. The maximum atomic E-state index is 13.2. The quantitative estimate of drug-likeness (QED) is 0.0410. The molecule has 0 spiro atoms. The number of nitrogens with two attached hydrogens (primary N) is 2. The highest BCUT2D eigenvalue weighted by Gasteiger charge is 2.39. The second-order valence-corrected chi connectivity index (χ2v) is 33.3. The Balaban J connectivity index is 0.000000166. The van der Waals surface area contributed by atoms with Gasteiger partial charge in [-0.2, -0.15) is 0 Å². The van der Waals surface area contributed by atoms with Crippen LogP contribution >= 0.6 is 80.4 Å². The lowest BCUT2D eigenvalue weighted by Gasteiger charge is -2.32. The number of carbonyl (C=O) groups excluding carboxylic acids is 5. The van der Waals surface area contributed by atoms with E-state index in [1.165, 1.54) is 57.6 Å². The number of hydrogen-bond acceptors (Lipinski definition) is 25. The summed E-state index contributed by atoms with van der Waals surface area (Å²) in [5, 5.41) is 26.0. The molecule has 13 rings (SSSR count). The minimum atomic E-state index is -1.01. The number of aromatic nitrogens is 6. The van der Waals surface area contributed by atoms with Crippen LogP contribution in [-0.4, -0.2) is 204 Å². The highest BCUT2D eigenvalue weighted by molar-refractivity contribution is 7.16. The number of ether oxygens (including phenoxy) is 5. The first-order valence-corrected chi connectivity index (χ1v) is 39.4. The van der Waals surface area contributed by atoms with Crippen molar-refractivity contribution in [3.63, 3.8) is 0 Å². The molecule has 3 saturated heterocycles. The number of aliphatic carboxylic acids is 1. The molecule has 6 aromatic heterocycles. The van der Waals surface area contributed by atoms with Gasteiger partial charge in [0.05, 0.1) is 77.6 Å². The molecule has 107 heavy (non-hydrogen) atoms. The first-order chi connectivity index (χ1) is 50.8. The Hall–Kier alpha value is -7.10. The Morgan fingerprint density at radius 2 is 0.944 bits per heavy atom. The van der Waals surface area contributed by atoms with Gasteiger partial charge in [-0.25, -0.2) is 44.3 Å². The molecule has 578 valence electrons. The Labute approximate surface area is 654 Å². The summed E-state index contributed by atoms with van der Waals surface area (Å²) in [6.07, 6.45) is 12.2. The van der Waals surface area contributed by atoms with Crippen LogP contribution in [0, 0.1) is 6.92 Å². The molecule has 3 amide bonds. The monoisotopic (exact) mass is 1610 g/mol. The summed E-state index contributed by atoms with van der Waals surface area (Å²) in [5.41, 5.74) is 15.5. The van der Waals surface area contributed by atoms with Crippen LogP contribution in [0.1, 0.15) is 164 Å². The van der Waals surface area contributed by atoms with Crippen molar-refractivity contribution in [3.05, 3.63) is 124 Å². The SMILES string of the molecule is CC(C(=O)O)N1CCc2sc(-c3nc(NC4CCOCC4)ncc3Cl)cc2C1=O.CC(C(=O)OC(C)(C)C)N1CCc2sc(-c3nc(Cl)ncc3Cl)cc2C1=O.CC(C(=O)OC(C)(C)C)N1CCc2sc(-c3nc(NC4CCOCC4)ncc3Cl)cc2C1=O.Cc1cccc([C@H](N)CO)c1.NC1CCOCC1. The fourth-order valence-corrected chi connectivity index (χ4v) is 16.3. The number of thiophene rings is 3.